The van der Waals surface area contributed by atoms with Crippen molar-refractivity contribution < 1.29 is 13.6 Å². The minimum absolute atomic E-state index is 0.165. The molecule has 5 nitrogen and oxygen atoms in total. The Kier molecular flexibility index (Phi) is 5.17. The van der Waals surface area contributed by atoms with Gasteiger partial charge >= 0.3 is 0 Å². The van der Waals surface area contributed by atoms with E-state index in [1.165, 1.54) is 18.5 Å². The first kappa shape index (κ1) is 17.5. The van der Waals surface area contributed by atoms with Crippen LogP contribution in [-0.2, 0) is 6.54 Å². The lowest BCUT2D eigenvalue weighted by Crippen LogP contribution is -2.24. The summed E-state index contributed by atoms with van der Waals surface area (Å²) in [5.41, 5.74) is 2.57. The molecule has 0 aliphatic carbocycles. The van der Waals surface area contributed by atoms with Crippen LogP contribution >= 0.6 is 0 Å². The summed E-state index contributed by atoms with van der Waals surface area (Å²) in [6.07, 6.45) is 1.23. The lowest BCUT2D eigenvalue weighted by Gasteiger charge is -2.09. The highest BCUT2D eigenvalue weighted by molar-refractivity contribution is 5.92. The second-order valence-corrected chi connectivity index (χ2v) is 5.65. The van der Waals surface area contributed by atoms with Gasteiger partial charge in [-0.3, -0.25) is 4.79 Å². The van der Waals surface area contributed by atoms with Crippen LogP contribution in [0.2, 0.25) is 0 Å². The molecule has 1 aromatic heterocycles. The quantitative estimate of drug-likeness (QED) is 0.733. The first-order chi connectivity index (χ1) is 12.5. The van der Waals surface area contributed by atoms with Crippen molar-refractivity contribution in [3.05, 3.63) is 83.3 Å². The fourth-order valence-electron chi connectivity index (χ4n) is 2.35. The van der Waals surface area contributed by atoms with Gasteiger partial charge in [-0.25, -0.2) is 18.7 Å². The summed E-state index contributed by atoms with van der Waals surface area (Å²) in [6, 6.07) is 12.6. The molecule has 26 heavy (non-hydrogen) atoms. The third-order valence-electron chi connectivity index (χ3n) is 3.79. The van der Waals surface area contributed by atoms with Crippen LogP contribution < -0.4 is 10.6 Å². The van der Waals surface area contributed by atoms with Crippen LogP contribution in [0.5, 0.6) is 0 Å². The van der Waals surface area contributed by atoms with Crippen LogP contribution in [0.4, 0.5) is 20.3 Å². The number of nitrogens with one attached hydrogen (secondary N) is 2. The molecule has 0 radical (unpaired) electrons. The Hall–Kier alpha value is -3.35. The first-order valence-electron chi connectivity index (χ1n) is 7.90. The normalized spacial score (nSPS) is 10.4. The van der Waals surface area contributed by atoms with E-state index in [1.807, 2.05) is 31.2 Å². The molecule has 0 spiro atoms. The number of hydrogen-bond acceptors (Lipinski definition) is 4. The van der Waals surface area contributed by atoms with E-state index in [0.29, 0.717) is 18.1 Å². The zero-order chi connectivity index (χ0) is 18.5. The van der Waals surface area contributed by atoms with E-state index in [4.69, 9.17) is 0 Å². The van der Waals surface area contributed by atoms with Gasteiger partial charge in [0.05, 0.1) is 0 Å². The van der Waals surface area contributed by atoms with Gasteiger partial charge in [0.1, 0.15) is 17.8 Å². The Labute approximate surface area is 149 Å². The second kappa shape index (κ2) is 7.69. The topological polar surface area (TPSA) is 66.9 Å². The fraction of sp³-hybridized carbons (Fsp3) is 0.105. The first-order valence-corrected chi connectivity index (χ1v) is 7.90. The summed E-state index contributed by atoms with van der Waals surface area (Å²) < 4.78 is 26.3. The SMILES string of the molecule is Cc1ccccc1CNC(=O)c1cc(Nc2ccc(F)c(F)c2)ncn1. The van der Waals surface area contributed by atoms with Crippen molar-refractivity contribution in [1.82, 2.24) is 15.3 Å². The minimum atomic E-state index is -0.972. The smallest absolute Gasteiger partial charge is 0.270 e. The molecule has 7 heteroatoms. The Morgan fingerprint density at radius 2 is 1.85 bits per heavy atom. The summed E-state index contributed by atoms with van der Waals surface area (Å²) >= 11 is 0. The molecule has 1 heterocycles. The van der Waals surface area contributed by atoms with Crippen molar-refractivity contribution in [2.75, 3.05) is 5.32 Å². The van der Waals surface area contributed by atoms with E-state index in [9.17, 15) is 13.6 Å². The second-order valence-electron chi connectivity index (χ2n) is 5.65. The Balaban J connectivity index is 1.69. The summed E-state index contributed by atoms with van der Waals surface area (Å²) in [5.74, 6) is -1.97. The number of carbonyl (C=O) groups excluding carboxylic acids is 1. The molecule has 0 aliphatic rings. The van der Waals surface area contributed by atoms with E-state index in [-0.39, 0.29) is 11.6 Å². The van der Waals surface area contributed by atoms with Crippen molar-refractivity contribution in [2.24, 2.45) is 0 Å². The van der Waals surface area contributed by atoms with E-state index in [0.717, 1.165) is 23.3 Å². The van der Waals surface area contributed by atoms with Crippen LogP contribution in [0.3, 0.4) is 0 Å². The van der Waals surface area contributed by atoms with E-state index < -0.39 is 11.6 Å². The summed E-state index contributed by atoms with van der Waals surface area (Å²) in [7, 11) is 0. The number of carbonyl (C=O) groups is 1. The minimum Gasteiger partial charge on any atom is -0.347 e. The summed E-state index contributed by atoms with van der Waals surface area (Å²) in [6.45, 7) is 2.34. The predicted molar refractivity (Wildman–Crippen MR) is 94.0 cm³/mol. The lowest BCUT2D eigenvalue weighted by molar-refractivity contribution is 0.0945. The molecule has 0 saturated carbocycles. The van der Waals surface area contributed by atoms with Crippen LogP contribution in [-0.4, -0.2) is 15.9 Å². The molecular weight excluding hydrogens is 338 g/mol. The maximum Gasteiger partial charge on any atom is 0.270 e. The van der Waals surface area contributed by atoms with Gasteiger partial charge in [0.2, 0.25) is 0 Å². The Morgan fingerprint density at radius 3 is 2.62 bits per heavy atom. The molecule has 1 amide bonds. The van der Waals surface area contributed by atoms with Gasteiger partial charge < -0.3 is 10.6 Å². The summed E-state index contributed by atoms with van der Waals surface area (Å²) in [4.78, 5) is 20.2. The van der Waals surface area contributed by atoms with Gasteiger partial charge in [-0.1, -0.05) is 24.3 Å². The van der Waals surface area contributed by atoms with Crippen molar-refractivity contribution in [2.45, 2.75) is 13.5 Å². The molecular formula is C19H16F2N4O. The number of aromatic nitrogens is 2. The fourth-order valence-corrected chi connectivity index (χ4v) is 2.35. The maximum atomic E-state index is 13.3. The third kappa shape index (κ3) is 4.18. The zero-order valence-electron chi connectivity index (χ0n) is 14.0. The number of benzene rings is 2. The molecule has 0 atom stereocenters. The third-order valence-corrected chi connectivity index (χ3v) is 3.79. The average Bonchev–Trinajstić information content (AvgIpc) is 2.64. The number of nitrogens with zero attached hydrogens (tertiary/aromatic N) is 2. The zero-order valence-corrected chi connectivity index (χ0v) is 14.0. The van der Waals surface area contributed by atoms with Crippen molar-refractivity contribution in [3.8, 4) is 0 Å². The predicted octanol–water partition coefficient (Wildman–Crippen LogP) is 3.74. The van der Waals surface area contributed by atoms with Gasteiger partial charge in [-0.05, 0) is 30.2 Å². The molecule has 0 bridgehead atoms. The largest absolute Gasteiger partial charge is 0.347 e. The highest BCUT2D eigenvalue weighted by Crippen LogP contribution is 2.17. The van der Waals surface area contributed by atoms with Gasteiger partial charge in [0, 0.05) is 24.4 Å². The van der Waals surface area contributed by atoms with E-state index >= 15 is 0 Å². The van der Waals surface area contributed by atoms with Gasteiger partial charge in [-0.2, -0.15) is 0 Å². The molecule has 0 aliphatic heterocycles. The summed E-state index contributed by atoms with van der Waals surface area (Å²) in [5, 5.41) is 5.61. The van der Waals surface area contributed by atoms with Crippen molar-refractivity contribution >= 4 is 17.4 Å². The van der Waals surface area contributed by atoms with Gasteiger partial charge in [0.25, 0.3) is 5.91 Å². The highest BCUT2D eigenvalue weighted by atomic mass is 19.2. The number of halogens is 2. The van der Waals surface area contributed by atoms with E-state index in [1.54, 1.807) is 0 Å². The number of amides is 1. The highest BCUT2D eigenvalue weighted by Gasteiger charge is 2.10. The van der Waals surface area contributed by atoms with Crippen molar-refractivity contribution in [3.63, 3.8) is 0 Å². The van der Waals surface area contributed by atoms with Gasteiger partial charge in [-0.15, -0.1) is 0 Å². The maximum absolute atomic E-state index is 13.3. The van der Waals surface area contributed by atoms with Gasteiger partial charge in [0.15, 0.2) is 11.6 Å². The van der Waals surface area contributed by atoms with E-state index in [2.05, 4.69) is 20.6 Å². The lowest BCUT2D eigenvalue weighted by atomic mass is 10.1. The molecule has 3 aromatic rings. The molecule has 0 unspecified atom stereocenters. The standard InChI is InChI=1S/C19H16F2N4O/c1-12-4-2-3-5-13(12)10-22-19(26)17-9-18(24-11-23-17)25-14-6-7-15(20)16(21)8-14/h2-9,11H,10H2,1H3,(H,22,26)(H,23,24,25). The molecule has 0 fully saturated rings. The molecule has 3 rings (SSSR count). The number of hydrogen-bond donors (Lipinski definition) is 2. The number of anilines is 2. The molecule has 132 valence electrons. The number of rotatable bonds is 5. The molecule has 2 N–H and O–H groups in total. The van der Waals surface area contributed by atoms with Crippen LogP contribution in [0.1, 0.15) is 21.6 Å². The average molecular weight is 354 g/mol. The van der Waals surface area contributed by atoms with Crippen molar-refractivity contribution in [1.29, 1.82) is 0 Å². The Morgan fingerprint density at radius 1 is 1.04 bits per heavy atom. The number of aryl methyl sites for hydroxylation is 1. The van der Waals surface area contributed by atoms with Crippen LogP contribution in [0, 0.1) is 18.6 Å². The monoisotopic (exact) mass is 354 g/mol. The van der Waals surface area contributed by atoms with Crippen LogP contribution in [0.15, 0.2) is 54.9 Å². The van der Waals surface area contributed by atoms with Crippen LogP contribution in [0.25, 0.3) is 0 Å². The molecule has 0 saturated heterocycles. The molecule has 2 aromatic carbocycles. The Bertz CT molecular complexity index is 946.